The van der Waals surface area contributed by atoms with Crippen LogP contribution in [0.15, 0.2) is 0 Å². The van der Waals surface area contributed by atoms with Gasteiger partial charge in [0.2, 0.25) is 5.91 Å². The molecule has 0 bridgehead atoms. The van der Waals surface area contributed by atoms with E-state index < -0.39 is 0 Å². The van der Waals surface area contributed by atoms with Crippen molar-refractivity contribution in [3.8, 4) is 0 Å². The number of carbonyl (C=O) groups is 1. The molecule has 1 aliphatic heterocycles. The van der Waals surface area contributed by atoms with Gasteiger partial charge in [0.1, 0.15) is 0 Å². The van der Waals surface area contributed by atoms with Crippen LogP contribution in [0.3, 0.4) is 0 Å². The van der Waals surface area contributed by atoms with Crippen LogP contribution in [0, 0.1) is 5.92 Å². The van der Waals surface area contributed by atoms with E-state index in [1.54, 1.807) is 7.11 Å². The summed E-state index contributed by atoms with van der Waals surface area (Å²) in [6.07, 6.45) is 2.67. The predicted molar refractivity (Wildman–Crippen MR) is 72.3 cm³/mol. The maximum absolute atomic E-state index is 12.0. The first kappa shape index (κ1) is 15.4. The molecule has 0 spiro atoms. The quantitative estimate of drug-likeness (QED) is 0.736. The van der Waals surface area contributed by atoms with Crippen molar-refractivity contribution in [2.75, 3.05) is 47.4 Å². The van der Waals surface area contributed by atoms with Crippen molar-refractivity contribution >= 4 is 5.91 Å². The Bertz CT molecular complexity index is 257. The first-order valence-electron chi connectivity index (χ1n) is 6.72. The number of ether oxygens (including phenoxy) is 1. The SMILES string of the molecule is COC(CN)CC(=O)N(C)CC1CCCN(C)C1. The molecule has 1 saturated heterocycles. The van der Waals surface area contributed by atoms with Crippen LogP contribution >= 0.6 is 0 Å². The molecule has 1 aliphatic rings. The highest BCUT2D eigenvalue weighted by Crippen LogP contribution is 2.16. The molecule has 1 heterocycles. The highest BCUT2D eigenvalue weighted by Gasteiger charge is 2.22. The van der Waals surface area contributed by atoms with Gasteiger partial charge in [0.25, 0.3) is 0 Å². The van der Waals surface area contributed by atoms with Gasteiger partial charge in [0.05, 0.1) is 12.5 Å². The molecule has 0 radical (unpaired) electrons. The Morgan fingerprint density at radius 1 is 1.61 bits per heavy atom. The molecule has 1 rings (SSSR count). The number of nitrogens with zero attached hydrogens (tertiary/aromatic N) is 2. The van der Waals surface area contributed by atoms with Crippen molar-refractivity contribution in [3.05, 3.63) is 0 Å². The van der Waals surface area contributed by atoms with E-state index in [2.05, 4.69) is 11.9 Å². The number of amides is 1. The molecule has 0 aromatic heterocycles. The van der Waals surface area contributed by atoms with E-state index in [4.69, 9.17) is 10.5 Å². The minimum Gasteiger partial charge on any atom is -0.380 e. The molecule has 1 amide bonds. The summed E-state index contributed by atoms with van der Waals surface area (Å²) in [7, 11) is 5.62. The van der Waals surface area contributed by atoms with E-state index in [0.717, 1.165) is 13.1 Å². The fraction of sp³-hybridized carbons (Fsp3) is 0.923. The predicted octanol–water partition coefficient (Wildman–Crippen LogP) is 0.150. The van der Waals surface area contributed by atoms with Crippen LogP contribution in [0.4, 0.5) is 0 Å². The van der Waals surface area contributed by atoms with Crippen LogP contribution in [0.2, 0.25) is 0 Å². The van der Waals surface area contributed by atoms with Gasteiger partial charge < -0.3 is 20.3 Å². The van der Waals surface area contributed by atoms with Gasteiger partial charge >= 0.3 is 0 Å². The van der Waals surface area contributed by atoms with Gasteiger partial charge in [-0.25, -0.2) is 0 Å². The van der Waals surface area contributed by atoms with Crippen LogP contribution in [0.25, 0.3) is 0 Å². The van der Waals surface area contributed by atoms with E-state index in [1.165, 1.54) is 19.4 Å². The Kier molecular flexibility index (Phi) is 6.60. The summed E-state index contributed by atoms with van der Waals surface area (Å²) in [4.78, 5) is 16.2. The summed E-state index contributed by atoms with van der Waals surface area (Å²) in [5.41, 5.74) is 5.53. The minimum atomic E-state index is -0.158. The number of piperidine rings is 1. The summed E-state index contributed by atoms with van der Waals surface area (Å²) in [6.45, 7) is 3.49. The third-order valence-corrected chi connectivity index (χ3v) is 3.68. The third-order valence-electron chi connectivity index (χ3n) is 3.68. The first-order chi connectivity index (χ1) is 8.56. The molecule has 5 heteroatoms. The van der Waals surface area contributed by atoms with Gasteiger partial charge in [-0.1, -0.05) is 0 Å². The Hall–Kier alpha value is -0.650. The summed E-state index contributed by atoms with van der Waals surface area (Å²) in [6, 6.07) is 0. The topological polar surface area (TPSA) is 58.8 Å². The Morgan fingerprint density at radius 2 is 2.33 bits per heavy atom. The highest BCUT2D eigenvalue weighted by molar-refractivity contribution is 5.76. The van der Waals surface area contributed by atoms with Crippen molar-refractivity contribution in [2.45, 2.75) is 25.4 Å². The van der Waals surface area contributed by atoms with E-state index in [0.29, 0.717) is 18.9 Å². The zero-order valence-electron chi connectivity index (χ0n) is 11.9. The normalized spacial score (nSPS) is 22.8. The molecule has 2 N–H and O–H groups in total. The van der Waals surface area contributed by atoms with Gasteiger partial charge in [0.15, 0.2) is 0 Å². The second-order valence-corrected chi connectivity index (χ2v) is 5.34. The van der Waals surface area contributed by atoms with Gasteiger partial charge in [-0.05, 0) is 32.4 Å². The van der Waals surface area contributed by atoms with E-state index in [-0.39, 0.29) is 12.0 Å². The minimum absolute atomic E-state index is 0.125. The van der Waals surface area contributed by atoms with Gasteiger partial charge in [-0.3, -0.25) is 4.79 Å². The third kappa shape index (κ3) is 4.92. The van der Waals surface area contributed by atoms with E-state index in [9.17, 15) is 4.79 Å². The second-order valence-electron chi connectivity index (χ2n) is 5.34. The smallest absolute Gasteiger partial charge is 0.224 e. The zero-order valence-corrected chi connectivity index (χ0v) is 11.9. The lowest BCUT2D eigenvalue weighted by molar-refractivity contribution is -0.133. The molecule has 106 valence electrons. The molecule has 2 unspecified atom stereocenters. The molecule has 2 atom stereocenters. The van der Waals surface area contributed by atoms with Gasteiger partial charge in [-0.2, -0.15) is 0 Å². The van der Waals surface area contributed by atoms with Crippen LogP contribution < -0.4 is 5.73 Å². The van der Waals surface area contributed by atoms with Gasteiger partial charge in [-0.15, -0.1) is 0 Å². The molecule has 0 aliphatic carbocycles. The van der Waals surface area contributed by atoms with Crippen molar-refractivity contribution in [1.82, 2.24) is 9.80 Å². The number of nitrogens with two attached hydrogens (primary N) is 1. The zero-order chi connectivity index (χ0) is 13.5. The fourth-order valence-electron chi connectivity index (χ4n) is 2.52. The lowest BCUT2D eigenvalue weighted by Crippen LogP contribution is -2.41. The molecular formula is C13H27N3O2. The van der Waals surface area contributed by atoms with Crippen LogP contribution in [0.1, 0.15) is 19.3 Å². The maximum atomic E-state index is 12.0. The van der Waals surface area contributed by atoms with E-state index >= 15 is 0 Å². The van der Waals surface area contributed by atoms with Crippen molar-refractivity contribution in [2.24, 2.45) is 11.7 Å². The summed E-state index contributed by atoms with van der Waals surface area (Å²) < 4.78 is 5.15. The number of rotatable bonds is 6. The Morgan fingerprint density at radius 3 is 2.89 bits per heavy atom. The molecule has 18 heavy (non-hydrogen) atoms. The Balaban J connectivity index is 2.34. The number of methoxy groups -OCH3 is 1. The Labute approximate surface area is 110 Å². The van der Waals surface area contributed by atoms with Crippen molar-refractivity contribution in [1.29, 1.82) is 0 Å². The van der Waals surface area contributed by atoms with Crippen LogP contribution in [-0.4, -0.2) is 69.2 Å². The second kappa shape index (κ2) is 7.71. The fourth-order valence-corrected chi connectivity index (χ4v) is 2.52. The molecule has 0 aromatic rings. The van der Waals surface area contributed by atoms with Crippen LogP contribution in [-0.2, 0) is 9.53 Å². The van der Waals surface area contributed by atoms with Crippen molar-refractivity contribution < 1.29 is 9.53 Å². The van der Waals surface area contributed by atoms with E-state index in [1.807, 2.05) is 11.9 Å². The highest BCUT2D eigenvalue weighted by atomic mass is 16.5. The number of hydrogen-bond donors (Lipinski definition) is 1. The largest absolute Gasteiger partial charge is 0.380 e. The summed E-state index contributed by atoms with van der Waals surface area (Å²) >= 11 is 0. The molecule has 0 saturated carbocycles. The number of likely N-dealkylation sites (tertiary alicyclic amines) is 1. The molecular weight excluding hydrogens is 230 g/mol. The average Bonchev–Trinajstić information content (AvgIpc) is 2.35. The average molecular weight is 257 g/mol. The summed E-state index contributed by atoms with van der Waals surface area (Å²) in [5.74, 6) is 0.720. The number of carbonyl (C=O) groups excluding carboxylic acids is 1. The van der Waals surface area contributed by atoms with Crippen molar-refractivity contribution in [3.63, 3.8) is 0 Å². The lowest BCUT2D eigenvalue weighted by Gasteiger charge is -2.32. The monoisotopic (exact) mass is 257 g/mol. The van der Waals surface area contributed by atoms with Gasteiger partial charge in [0, 0.05) is 33.8 Å². The maximum Gasteiger partial charge on any atom is 0.224 e. The molecule has 1 fully saturated rings. The lowest BCUT2D eigenvalue weighted by atomic mass is 9.98. The van der Waals surface area contributed by atoms with Crippen LogP contribution in [0.5, 0.6) is 0 Å². The first-order valence-corrected chi connectivity index (χ1v) is 6.72. The molecule has 0 aromatic carbocycles. The molecule has 5 nitrogen and oxygen atoms in total. The summed E-state index contributed by atoms with van der Waals surface area (Å²) in [5, 5.41) is 0. The number of hydrogen-bond acceptors (Lipinski definition) is 4. The standard InChI is InChI=1S/C13H27N3O2/c1-15-6-4-5-11(9-15)10-16(2)13(17)7-12(8-14)18-3/h11-12H,4-10,14H2,1-3H3.